The minimum absolute atomic E-state index is 0.276. The Hall–Kier alpha value is -1.22. The van der Waals surface area contributed by atoms with Crippen LogP contribution in [-0.4, -0.2) is 59.0 Å². The predicted octanol–water partition coefficient (Wildman–Crippen LogP) is 0.599. The molecule has 1 amide bonds. The molecule has 1 atom stereocenters. The topological polar surface area (TPSA) is 94.9 Å². The second-order valence-electron chi connectivity index (χ2n) is 3.93. The molecule has 2 heterocycles. The molecule has 0 saturated carbocycles. The lowest BCUT2D eigenvalue weighted by Gasteiger charge is -2.28. The van der Waals surface area contributed by atoms with Gasteiger partial charge in [-0.1, -0.05) is 11.3 Å². The van der Waals surface area contributed by atoms with E-state index in [1.165, 1.54) is 6.20 Å². The summed E-state index contributed by atoms with van der Waals surface area (Å²) in [5.74, 6) is 0. The first-order valence-corrected chi connectivity index (χ1v) is 6.40. The first-order valence-electron chi connectivity index (χ1n) is 5.59. The molecular weight excluding hydrogens is 258 g/mol. The third-order valence-electron chi connectivity index (χ3n) is 2.60. The molecule has 2 rings (SSSR count). The van der Waals surface area contributed by atoms with Crippen molar-refractivity contribution in [2.75, 3.05) is 38.2 Å². The molecule has 100 valence electrons. The van der Waals surface area contributed by atoms with Gasteiger partial charge in [0.1, 0.15) is 6.10 Å². The van der Waals surface area contributed by atoms with Crippen LogP contribution >= 0.6 is 11.3 Å². The summed E-state index contributed by atoms with van der Waals surface area (Å²) >= 11 is 1.15. The van der Waals surface area contributed by atoms with Gasteiger partial charge in [0, 0.05) is 25.8 Å². The molecule has 1 saturated heterocycles. The Morgan fingerprint density at radius 1 is 1.61 bits per heavy atom. The van der Waals surface area contributed by atoms with E-state index in [0.717, 1.165) is 24.4 Å². The number of ether oxygens (including phenoxy) is 1. The number of β-amino-alcohol motifs (C(OH)–C–C–N with tert-alkyl or cyclic N) is 1. The van der Waals surface area contributed by atoms with Gasteiger partial charge in [-0.3, -0.25) is 10.2 Å². The normalized spacial score (nSPS) is 18.5. The summed E-state index contributed by atoms with van der Waals surface area (Å²) in [6.07, 6.45) is -0.301. The summed E-state index contributed by atoms with van der Waals surface area (Å²) in [5, 5.41) is 21.0. The highest BCUT2D eigenvalue weighted by molar-refractivity contribution is 7.15. The molecule has 8 heteroatoms. The Labute approximate surface area is 108 Å². The maximum atomic E-state index is 10.4. The van der Waals surface area contributed by atoms with Crippen LogP contribution in [0.3, 0.4) is 0 Å². The highest BCUT2D eigenvalue weighted by atomic mass is 32.1. The third kappa shape index (κ3) is 3.64. The number of carbonyl (C=O) groups is 1. The summed E-state index contributed by atoms with van der Waals surface area (Å²) in [7, 11) is 0. The molecule has 0 bridgehead atoms. The van der Waals surface area contributed by atoms with Gasteiger partial charge in [0.25, 0.3) is 0 Å². The number of hydrogen-bond donors (Lipinski definition) is 3. The SMILES string of the molecule is O=C(O)Nc1ncc(C(O)CN2CCOCC2)s1. The van der Waals surface area contributed by atoms with Gasteiger partial charge in [0.15, 0.2) is 5.13 Å². The van der Waals surface area contributed by atoms with E-state index >= 15 is 0 Å². The summed E-state index contributed by atoms with van der Waals surface area (Å²) < 4.78 is 5.23. The van der Waals surface area contributed by atoms with Crippen LogP contribution in [0.2, 0.25) is 0 Å². The largest absolute Gasteiger partial charge is 0.465 e. The van der Waals surface area contributed by atoms with Gasteiger partial charge < -0.3 is 14.9 Å². The minimum atomic E-state index is -1.15. The number of nitrogens with zero attached hydrogens (tertiary/aromatic N) is 2. The fourth-order valence-corrected chi connectivity index (χ4v) is 2.49. The average Bonchev–Trinajstić information content (AvgIpc) is 2.78. The number of morpholine rings is 1. The van der Waals surface area contributed by atoms with Crippen molar-refractivity contribution in [3.8, 4) is 0 Å². The molecule has 1 aromatic heterocycles. The van der Waals surface area contributed by atoms with Gasteiger partial charge in [0.05, 0.1) is 18.1 Å². The van der Waals surface area contributed by atoms with E-state index in [-0.39, 0.29) is 5.13 Å². The molecule has 0 aromatic carbocycles. The molecular formula is C10H15N3O4S. The number of nitrogens with one attached hydrogen (secondary N) is 1. The third-order valence-corrected chi connectivity index (χ3v) is 3.61. The number of aromatic nitrogens is 1. The zero-order chi connectivity index (χ0) is 13.0. The molecule has 0 spiro atoms. The number of thiazole rings is 1. The number of aliphatic hydroxyl groups is 1. The zero-order valence-electron chi connectivity index (χ0n) is 9.70. The zero-order valence-corrected chi connectivity index (χ0v) is 10.5. The fourth-order valence-electron chi connectivity index (χ4n) is 1.71. The van der Waals surface area contributed by atoms with Crippen LogP contribution in [0.25, 0.3) is 0 Å². The lowest BCUT2D eigenvalue weighted by Crippen LogP contribution is -2.38. The van der Waals surface area contributed by atoms with Gasteiger partial charge in [-0.15, -0.1) is 0 Å². The Morgan fingerprint density at radius 3 is 3.00 bits per heavy atom. The van der Waals surface area contributed by atoms with Crippen molar-refractivity contribution < 1.29 is 19.7 Å². The van der Waals surface area contributed by atoms with Crippen LogP contribution in [-0.2, 0) is 4.74 Å². The minimum Gasteiger partial charge on any atom is -0.465 e. The van der Waals surface area contributed by atoms with Crippen molar-refractivity contribution in [3.63, 3.8) is 0 Å². The summed E-state index contributed by atoms with van der Waals surface area (Å²) in [6, 6.07) is 0. The van der Waals surface area contributed by atoms with E-state index in [2.05, 4.69) is 15.2 Å². The highest BCUT2D eigenvalue weighted by Crippen LogP contribution is 2.25. The standard InChI is InChI=1S/C10H15N3O4S/c14-7(6-13-1-3-17-4-2-13)8-5-11-9(18-8)12-10(15)16/h5,7,14H,1-4,6H2,(H,11,12)(H,15,16). The summed E-state index contributed by atoms with van der Waals surface area (Å²) in [4.78, 5) is 17.1. The molecule has 1 aliphatic rings. The number of anilines is 1. The first-order chi connectivity index (χ1) is 8.65. The van der Waals surface area contributed by atoms with E-state index in [0.29, 0.717) is 24.6 Å². The van der Waals surface area contributed by atoms with Crippen molar-refractivity contribution in [2.24, 2.45) is 0 Å². The fraction of sp³-hybridized carbons (Fsp3) is 0.600. The van der Waals surface area contributed by atoms with Crippen LogP contribution in [0, 0.1) is 0 Å². The number of amides is 1. The van der Waals surface area contributed by atoms with Crippen molar-refractivity contribution >= 4 is 22.6 Å². The Balaban J connectivity index is 1.89. The molecule has 1 fully saturated rings. The molecule has 1 unspecified atom stereocenters. The van der Waals surface area contributed by atoms with Crippen molar-refractivity contribution in [1.82, 2.24) is 9.88 Å². The maximum absolute atomic E-state index is 10.4. The lowest BCUT2D eigenvalue weighted by atomic mass is 10.3. The van der Waals surface area contributed by atoms with Crippen LogP contribution in [0.15, 0.2) is 6.20 Å². The Bertz CT molecular complexity index is 406. The van der Waals surface area contributed by atoms with Gasteiger partial charge >= 0.3 is 6.09 Å². The monoisotopic (exact) mass is 273 g/mol. The molecule has 7 nitrogen and oxygen atoms in total. The number of rotatable bonds is 4. The van der Waals surface area contributed by atoms with Crippen molar-refractivity contribution in [3.05, 3.63) is 11.1 Å². The molecule has 0 aliphatic carbocycles. The van der Waals surface area contributed by atoms with Crippen LogP contribution in [0.5, 0.6) is 0 Å². The second kappa shape index (κ2) is 6.10. The van der Waals surface area contributed by atoms with Crippen molar-refractivity contribution in [1.29, 1.82) is 0 Å². The lowest BCUT2D eigenvalue weighted by molar-refractivity contribution is 0.0149. The van der Waals surface area contributed by atoms with E-state index < -0.39 is 12.2 Å². The number of carboxylic acid groups (broad SMARTS) is 1. The smallest absolute Gasteiger partial charge is 0.410 e. The Kier molecular flexibility index (Phi) is 4.48. The van der Waals surface area contributed by atoms with E-state index in [9.17, 15) is 9.90 Å². The van der Waals surface area contributed by atoms with Gasteiger partial charge in [0.2, 0.25) is 0 Å². The molecule has 1 aliphatic heterocycles. The first kappa shape index (κ1) is 13.2. The van der Waals surface area contributed by atoms with E-state index in [1.54, 1.807) is 0 Å². The second-order valence-corrected chi connectivity index (χ2v) is 4.99. The van der Waals surface area contributed by atoms with Gasteiger partial charge in [-0.05, 0) is 0 Å². The number of aliphatic hydroxyl groups excluding tert-OH is 1. The summed E-state index contributed by atoms with van der Waals surface area (Å²) in [5.41, 5.74) is 0. The van der Waals surface area contributed by atoms with E-state index in [1.807, 2.05) is 0 Å². The van der Waals surface area contributed by atoms with Gasteiger partial charge in [-0.2, -0.15) is 0 Å². The molecule has 0 radical (unpaired) electrons. The molecule has 1 aromatic rings. The quantitative estimate of drug-likeness (QED) is 0.743. The van der Waals surface area contributed by atoms with Crippen molar-refractivity contribution in [2.45, 2.75) is 6.10 Å². The van der Waals surface area contributed by atoms with E-state index in [4.69, 9.17) is 9.84 Å². The Morgan fingerprint density at radius 2 is 2.33 bits per heavy atom. The molecule has 3 N–H and O–H groups in total. The van der Waals surface area contributed by atoms with Crippen LogP contribution in [0.1, 0.15) is 11.0 Å². The predicted molar refractivity (Wildman–Crippen MR) is 66.0 cm³/mol. The summed E-state index contributed by atoms with van der Waals surface area (Å²) in [6.45, 7) is 3.48. The highest BCUT2D eigenvalue weighted by Gasteiger charge is 2.18. The number of hydrogen-bond acceptors (Lipinski definition) is 6. The average molecular weight is 273 g/mol. The van der Waals surface area contributed by atoms with Crippen LogP contribution < -0.4 is 5.32 Å². The van der Waals surface area contributed by atoms with Crippen LogP contribution in [0.4, 0.5) is 9.93 Å². The van der Waals surface area contributed by atoms with Gasteiger partial charge in [-0.25, -0.2) is 9.78 Å². The molecule has 18 heavy (non-hydrogen) atoms. The maximum Gasteiger partial charge on any atom is 0.410 e.